The molecule has 0 atom stereocenters. The molecule has 0 N–H and O–H groups in total. The monoisotopic (exact) mass is 404 g/mol. The Morgan fingerprint density at radius 1 is 1.10 bits per heavy atom. The minimum absolute atomic E-state index is 0.0773. The molecule has 0 radical (unpaired) electrons. The number of pyridine rings is 1. The van der Waals surface area contributed by atoms with Crippen molar-refractivity contribution >= 4 is 16.8 Å². The highest BCUT2D eigenvalue weighted by Gasteiger charge is 2.28. The summed E-state index contributed by atoms with van der Waals surface area (Å²) in [7, 11) is 1.74. The van der Waals surface area contributed by atoms with Gasteiger partial charge in [0.15, 0.2) is 0 Å². The van der Waals surface area contributed by atoms with Gasteiger partial charge in [-0.15, -0.1) is 0 Å². The van der Waals surface area contributed by atoms with E-state index < -0.39 is 11.6 Å². The van der Waals surface area contributed by atoms with Crippen molar-refractivity contribution in [3.05, 3.63) is 83.2 Å². The molecule has 7 heteroatoms. The lowest BCUT2D eigenvalue weighted by atomic mass is 9.98. The number of carbonyl (C=O) groups is 1. The molecule has 2 aromatic heterocycles. The molecule has 30 heavy (non-hydrogen) atoms. The van der Waals surface area contributed by atoms with Crippen LogP contribution in [0.2, 0.25) is 0 Å². The van der Waals surface area contributed by atoms with Gasteiger partial charge in [0.05, 0.1) is 23.4 Å². The molecular formula is C23H18F2N4O. The molecular weight excluding hydrogens is 386 g/mol. The highest BCUT2D eigenvalue weighted by molar-refractivity contribution is 5.98. The normalized spacial score (nSPS) is 13.5. The van der Waals surface area contributed by atoms with E-state index >= 15 is 0 Å². The van der Waals surface area contributed by atoms with Crippen molar-refractivity contribution < 1.29 is 13.6 Å². The zero-order valence-electron chi connectivity index (χ0n) is 16.3. The Hall–Kier alpha value is -3.61. The van der Waals surface area contributed by atoms with Crippen molar-refractivity contribution in [1.29, 1.82) is 0 Å². The van der Waals surface area contributed by atoms with E-state index in [1.165, 1.54) is 12.1 Å². The van der Waals surface area contributed by atoms with E-state index in [1.54, 1.807) is 28.9 Å². The Kier molecular flexibility index (Phi) is 4.31. The van der Waals surface area contributed by atoms with Crippen molar-refractivity contribution in [2.24, 2.45) is 7.05 Å². The summed E-state index contributed by atoms with van der Waals surface area (Å²) >= 11 is 0. The fraction of sp³-hybridized carbons (Fsp3) is 0.174. The lowest BCUT2D eigenvalue weighted by Gasteiger charge is -2.27. The highest BCUT2D eigenvalue weighted by Crippen LogP contribution is 2.32. The average molecular weight is 404 g/mol. The molecule has 0 aliphatic carbocycles. The first kappa shape index (κ1) is 18.4. The van der Waals surface area contributed by atoms with Gasteiger partial charge in [-0.05, 0) is 42.8 Å². The molecule has 1 aliphatic heterocycles. The molecule has 0 saturated carbocycles. The van der Waals surface area contributed by atoms with Crippen molar-refractivity contribution in [3.63, 3.8) is 0 Å². The number of carbonyl (C=O) groups excluding carboxylic acids is 1. The predicted octanol–water partition coefficient (Wildman–Crippen LogP) is 4.11. The number of aromatic nitrogens is 3. The summed E-state index contributed by atoms with van der Waals surface area (Å²) in [5.41, 5.74) is 4.01. The van der Waals surface area contributed by atoms with Crippen molar-refractivity contribution in [3.8, 4) is 11.3 Å². The van der Waals surface area contributed by atoms with Crippen LogP contribution < -0.4 is 0 Å². The maximum Gasteiger partial charge on any atom is 0.254 e. The fourth-order valence-corrected chi connectivity index (χ4v) is 4.10. The Labute approximate surface area is 171 Å². The zero-order chi connectivity index (χ0) is 20.8. The van der Waals surface area contributed by atoms with Crippen LogP contribution in [0.5, 0.6) is 0 Å². The molecule has 0 bridgehead atoms. The quantitative estimate of drug-likeness (QED) is 0.505. The molecule has 0 saturated heterocycles. The second-order valence-corrected chi connectivity index (χ2v) is 7.41. The summed E-state index contributed by atoms with van der Waals surface area (Å²) in [6.07, 6.45) is 2.27. The Bertz CT molecular complexity index is 1300. The van der Waals surface area contributed by atoms with E-state index in [9.17, 15) is 13.6 Å². The Morgan fingerprint density at radius 3 is 2.80 bits per heavy atom. The first-order valence-electron chi connectivity index (χ1n) is 9.65. The third-order valence-corrected chi connectivity index (χ3v) is 5.52. The van der Waals surface area contributed by atoms with Crippen molar-refractivity contribution in [2.75, 3.05) is 6.54 Å². The smallest absolute Gasteiger partial charge is 0.254 e. The van der Waals surface area contributed by atoms with Crippen molar-refractivity contribution in [2.45, 2.75) is 13.0 Å². The number of hydrogen-bond donors (Lipinski definition) is 0. The lowest BCUT2D eigenvalue weighted by molar-refractivity contribution is 0.0732. The number of amides is 1. The van der Waals surface area contributed by atoms with Crippen LogP contribution in [0.1, 0.15) is 21.6 Å². The van der Waals surface area contributed by atoms with Gasteiger partial charge in [-0.1, -0.05) is 6.07 Å². The number of fused-ring (bicyclic) bond motifs is 2. The van der Waals surface area contributed by atoms with Gasteiger partial charge in [0, 0.05) is 47.9 Å². The first-order valence-corrected chi connectivity index (χ1v) is 9.65. The number of halogens is 2. The van der Waals surface area contributed by atoms with E-state index in [4.69, 9.17) is 0 Å². The summed E-state index contributed by atoms with van der Waals surface area (Å²) in [6, 6.07) is 12.8. The van der Waals surface area contributed by atoms with Crippen LogP contribution in [0.15, 0.2) is 54.7 Å². The van der Waals surface area contributed by atoms with Gasteiger partial charge in [-0.3, -0.25) is 14.5 Å². The summed E-state index contributed by atoms with van der Waals surface area (Å²) in [5, 5.41) is 5.43. The predicted molar refractivity (Wildman–Crippen MR) is 109 cm³/mol. The van der Waals surface area contributed by atoms with Crippen LogP contribution in [0.4, 0.5) is 8.78 Å². The average Bonchev–Trinajstić information content (AvgIpc) is 3.07. The molecule has 0 spiro atoms. The highest BCUT2D eigenvalue weighted by atomic mass is 19.1. The van der Waals surface area contributed by atoms with Crippen LogP contribution in [-0.2, 0) is 20.0 Å². The zero-order valence-corrected chi connectivity index (χ0v) is 16.3. The molecule has 1 aliphatic rings. The van der Waals surface area contributed by atoms with Crippen LogP contribution in [-0.4, -0.2) is 32.1 Å². The van der Waals surface area contributed by atoms with Gasteiger partial charge in [0.2, 0.25) is 0 Å². The lowest BCUT2D eigenvalue weighted by Crippen LogP contribution is -2.36. The topological polar surface area (TPSA) is 51.0 Å². The second kappa shape index (κ2) is 7.02. The van der Waals surface area contributed by atoms with E-state index in [0.717, 1.165) is 28.2 Å². The van der Waals surface area contributed by atoms with E-state index in [1.807, 2.05) is 24.3 Å². The molecule has 4 aromatic rings. The maximum absolute atomic E-state index is 14.4. The molecule has 5 nitrogen and oxygen atoms in total. The van der Waals surface area contributed by atoms with Crippen LogP contribution >= 0.6 is 0 Å². The fourth-order valence-electron chi connectivity index (χ4n) is 4.10. The van der Waals surface area contributed by atoms with Crippen LogP contribution in [0, 0.1) is 11.6 Å². The summed E-state index contributed by atoms with van der Waals surface area (Å²) in [6.45, 7) is 0.842. The number of aryl methyl sites for hydroxylation is 1. The third kappa shape index (κ3) is 3.03. The molecule has 0 unspecified atom stereocenters. The summed E-state index contributed by atoms with van der Waals surface area (Å²) < 4.78 is 29.3. The molecule has 0 fully saturated rings. The number of rotatable bonds is 2. The van der Waals surface area contributed by atoms with Gasteiger partial charge in [0.25, 0.3) is 5.91 Å². The number of benzene rings is 2. The number of hydrogen-bond acceptors (Lipinski definition) is 3. The van der Waals surface area contributed by atoms with E-state index in [0.29, 0.717) is 36.3 Å². The largest absolute Gasteiger partial charge is 0.332 e. The van der Waals surface area contributed by atoms with Gasteiger partial charge < -0.3 is 4.90 Å². The van der Waals surface area contributed by atoms with Crippen LogP contribution in [0.3, 0.4) is 0 Å². The van der Waals surface area contributed by atoms with Crippen LogP contribution in [0.25, 0.3) is 22.2 Å². The van der Waals surface area contributed by atoms with Gasteiger partial charge in [0.1, 0.15) is 11.6 Å². The van der Waals surface area contributed by atoms with Crippen molar-refractivity contribution in [1.82, 2.24) is 19.7 Å². The van der Waals surface area contributed by atoms with E-state index in [-0.39, 0.29) is 5.91 Å². The molecule has 5 rings (SSSR count). The number of nitrogens with zero attached hydrogens (tertiary/aromatic N) is 4. The third-order valence-electron chi connectivity index (χ3n) is 5.52. The maximum atomic E-state index is 14.4. The van der Waals surface area contributed by atoms with Gasteiger partial charge in [-0.2, -0.15) is 5.10 Å². The SMILES string of the molecule is Cn1nc2c(c1-c1ccc(F)cc1F)CCN(C(=O)c1ccc3ncccc3c1)C2. The second-order valence-electron chi connectivity index (χ2n) is 7.41. The summed E-state index contributed by atoms with van der Waals surface area (Å²) in [4.78, 5) is 19.1. The summed E-state index contributed by atoms with van der Waals surface area (Å²) in [5.74, 6) is -1.31. The van der Waals surface area contributed by atoms with E-state index in [2.05, 4.69) is 10.1 Å². The minimum atomic E-state index is -0.621. The standard InChI is InChI=1S/C23H18F2N4O/c1-28-22(17-6-5-16(24)12-19(17)25)18-8-10-29(13-21(18)27-28)23(30)15-4-7-20-14(11-15)3-2-9-26-20/h2-7,9,11-12H,8,10,13H2,1H3. The minimum Gasteiger partial charge on any atom is -0.332 e. The molecule has 150 valence electrons. The Balaban J connectivity index is 1.46. The Morgan fingerprint density at radius 2 is 1.97 bits per heavy atom. The van der Waals surface area contributed by atoms with Gasteiger partial charge >= 0.3 is 0 Å². The molecule has 3 heterocycles. The molecule has 2 aromatic carbocycles. The van der Waals surface area contributed by atoms with Gasteiger partial charge in [-0.25, -0.2) is 8.78 Å². The molecule has 1 amide bonds. The first-order chi connectivity index (χ1) is 14.5.